The molecular formula is C17H23F2NO4. The number of aryl methyl sites for hydroxylation is 1. The molecule has 2 unspecified atom stereocenters. The van der Waals surface area contributed by atoms with Crippen LogP contribution in [0, 0.1) is 6.92 Å². The molecule has 2 N–H and O–H groups in total. The molecule has 2 atom stereocenters. The van der Waals surface area contributed by atoms with Gasteiger partial charge in [-0.05, 0) is 37.0 Å². The van der Waals surface area contributed by atoms with Crippen LogP contribution in [0.4, 0.5) is 8.78 Å². The number of rotatable bonds is 8. The van der Waals surface area contributed by atoms with E-state index in [0.29, 0.717) is 5.75 Å². The fraction of sp³-hybridized carbons (Fsp3) is 0.529. The monoisotopic (exact) mass is 343 g/mol. The Morgan fingerprint density at radius 2 is 1.88 bits per heavy atom. The molecule has 134 valence electrons. The molecule has 0 aliphatic heterocycles. The number of halogens is 2. The predicted octanol–water partition coefficient (Wildman–Crippen LogP) is 3.11. The highest BCUT2D eigenvalue weighted by molar-refractivity contribution is 5.86. The molecular weight excluding hydrogens is 320 g/mol. The molecule has 1 amide bonds. The Labute approximate surface area is 140 Å². The van der Waals surface area contributed by atoms with Crippen LogP contribution in [0.25, 0.3) is 0 Å². The molecule has 1 aromatic carbocycles. The number of alkyl halides is 2. The van der Waals surface area contributed by atoms with Crippen LogP contribution in [-0.2, 0) is 9.59 Å². The third-order valence-electron chi connectivity index (χ3n) is 3.49. The number of carboxylic acids is 1. The lowest BCUT2D eigenvalue weighted by Crippen LogP contribution is -2.47. The molecule has 5 nitrogen and oxygen atoms in total. The number of carboxylic acid groups (broad SMARTS) is 1. The van der Waals surface area contributed by atoms with Gasteiger partial charge in [0.05, 0.1) is 0 Å². The van der Waals surface area contributed by atoms with E-state index in [-0.39, 0.29) is 5.92 Å². The highest BCUT2D eigenvalue weighted by Gasteiger charge is 2.27. The average Bonchev–Trinajstić information content (AvgIpc) is 2.45. The standard InChI is InChI=1S/C17H23F2NO4/c1-9(2)12-6-5-10(3)7-14(12)24-11(4)16(21)20-13(17(22)23)8-15(18)19/h5-7,9,11,13,15H,8H2,1-4H3,(H,20,21)(H,22,23). The van der Waals surface area contributed by atoms with Gasteiger partial charge in [0.15, 0.2) is 6.10 Å². The molecule has 0 fully saturated rings. The Morgan fingerprint density at radius 3 is 2.38 bits per heavy atom. The average molecular weight is 343 g/mol. The van der Waals surface area contributed by atoms with Gasteiger partial charge in [0.1, 0.15) is 11.8 Å². The summed E-state index contributed by atoms with van der Waals surface area (Å²) in [6.07, 6.45) is -4.79. The van der Waals surface area contributed by atoms with Crippen molar-refractivity contribution in [1.82, 2.24) is 5.32 Å². The van der Waals surface area contributed by atoms with Crippen LogP contribution in [0.3, 0.4) is 0 Å². The Morgan fingerprint density at radius 1 is 1.25 bits per heavy atom. The van der Waals surface area contributed by atoms with Gasteiger partial charge in [0.25, 0.3) is 5.91 Å². The van der Waals surface area contributed by atoms with E-state index in [2.05, 4.69) is 5.32 Å². The number of amides is 1. The maximum absolute atomic E-state index is 12.4. The molecule has 24 heavy (non-hydrogen) atoms. The minimum atomic E-state index is -2.83. The van der Waals surface area contributed by atoms with E-state index in [4.69, 9.17) is 9.84 Å². The quantitative estimate of drug-likeness (QED) is 0.760. The van der Waals surface area contributed by atoms with Crippen molar-refractivity contribution in [2.24, 2.45) is 0 Å². The number of ether oxygens (including phenoxy) is 1. The van der Waals surface area contributed by atoms with E-state index in [1.165, 1.54) is 6.92 Å². The first-order valence-electron chi connectivity index (χ1n) is 7.70. The van der Waals surface area contributed by atoms with E-state index in [9.17, 15) is 18.4 Å². The van der Waals surface area contributed by atoms with E-state index in [0.717, 1.165) is 11.1 Å². The lowest BCUT2D eigenvalue weighted by Gasteiger charge is -2.21. The van der Waals surface area contributed by atoms with Crippen molar-refractivity contribution < 1.29 is 28.2 Å². The van der Waals surface area contributed by atoms with Crippen LogP contribution in [0.15, 0.2) is 18.2 Å². The molecule has 1 rings (SSSR count). The van der Waals surface area contributed by atoms with Gasteiger partial charge in [-0.1, -0.05) is 26.0 Å². The molecule has 0 saturated heterocycles. The van der Waals surface area contributed by atoms with Crippen LogP contribution < -0.4 is 10.1 Å². The van der Waals surface area contributed by atoms with E-state index in [1.807, 2.05) is 32.9 Å². The molecule has 0 aromatic heterocycles. The maximum Gasteiger partial charge on any atom is 0.326 e. The van der Waals surface area contributed by atoms with Crippen molar-refractivity contribution in [2.75, 3.05) is 0 Å². The van der Waals surface area contributed by atoms with Gasteiger partial charge in [-0.3, -0.25) is 4.79 Å². The highest BCUT2D eigenvalue weighted by atomic mass is 19.3. The number of aliphatic carboxylic acids is 1. The SMILES string of the molecule is Cc1ccc(C(C)C)c(OC(C)C(=O)NC(CC(F)F)C(=O)O)c1. The second kappa shape index (κ2) is 8.61. The van der Waals surface area contributed by atoms with Crippen molar-refractivity contribution in [1.29, 1.82) is 0 Å². The zero-order valence-electron chi connectivity index (χ0n) is 14.2. The Kier molecular flexibility index (Phi) is 7.13. The molecule has 0 aliphatic rings. The van der Waals surface area contributed by atoms with Gasteiger partial charge >= 0.3 is 5.97 Å². The summed E-state index contributed by atoms with van der Waals surface area (Å²) in [5, 5.41) is 11.0. The van der Waals surface area contributed by atoms with Crippen LogP contribution in [0.2, 0.25) is 0 Å². The lowest BCUT2D eigenvalue weighted by molar-refractivity contribution is -0.144. The van der Waals surface area contributed by atoms with Crippen molar-refractivity contribution in [2.45, 2.75) is 58.6 Å². The number of hydrogen-bond donors (Lipinski definition) is 2. The molecule has 0 bridgehead atoms. The van der Waals surface area contributed by atoms with Gasteiger partial charge in [-0.25, -0.2) is 13.6 Å². The number of nitrogens with one attached hydrogen (secondary N) is 1. The molecule has 0 aliphatic carbocycles. The smallest absolute Gasteiger partial charge is 0.326 e. The Bertz CT molecular complexity index is 590. The van der Waals surface area contributed by atoms with Gasteiger partial charge in [-0.2, -0.15) is 0 Å². The lowest BCUT2D eigenvalue weighted by atomic mass is 10.0. The largest absolute Gasteiger partial charge is 0.481 e. The number of benzene rings is 1. The second-order valence-corrected chi connectivity index (χ2v) is 5.98. The summed E-state index contributed by atoms with van der Waals surface area (Å²) in [5.74, 6) is -1.57. The maximum atomic E-state index is 12.4. The summed E-state index contributed by atoms with van der Waals surface area (Å²) in [7, 11) is 0. The third kappa shape index (κ3) is 5.79. The normalized spacial score (nSPS) is 13.7. The third-order valence-corrected chi connectivity index (χ3v) is 3.49. The highest BCUT2D eigenvalue weighted by Crippen LogP contribution is 2.28. The second-order valence-electron chi connectivity index (χ2n) is 5.98. The molecule has 1 aromatic rings. The summed E-state index contributed by atoms with van der Waals surface area (Å²) in [4.78, 5) is 23.0. The fourth-order valence-corrected chi connectivity index (χ4v) is 2.15. The number of hydrogen-bond acceptors (Lipinski definition) is 3. The van der Waals surface area contributed by atoms with Gasteiger partial charge in [0.2, 0.25) is 6.43 Å². The van der Waals surface area contributed by atoms with E-state index in [1.54, 1.807) is 6.07 Å². The zero-order valence-corrected chi connectivity index (χ0v) is 14.2. The van der Waals surface area contributed by atoms with E-state index < -0.39 is 36.9 Å². The number of carbonyl (C=O) groups excluding carboxylic acids is 1. The van der Waals surface area contributed by atoms with Crippen molar-refractivity contribution >= 4 is 11.9 Å². The summed E-state index contributed by atoms with van der Waals surface area (Å²) >= 11 is 0. The Hall–Kier alpha value is -2.18. The molecule has 0 heterocycles. The molecule has 0 radical (unpaired) electrons. The summed E-state index contributed by atoms with van der Waals surface area (Å²) in [6.45, 7) is 7.28. The van der Waals surface area contributed by atoms with Crippen LogP contribution in [0.1, 0.15) is 44.2 Å². The minimum absolute atomic E-state index is 0.168. The number of carbonyl (C=O) groups is 2. The van der Waals surface area contributed by atoms with E-state index >= 15 is 0 Å². The topological polar surface area (TPSA) is 75.6 Å². The van der Waals surface area contributed by atoms with Gasteiger partial charge < -0.3 is 15.2 Å². The van der Waals surface area contributed by atoms with Gasteiger partial charge in [0, 0.05) is 6.42 Å². The summed E-state index contributed by atoms with van der Waals surface area (Å²) in [6, 6.07) is 3.96. The predicted molar refractivity (Wildman–Crippen MR) is 85.5 cm³/mol. The zero-order chi connectivity index (χ0) is 18.4. The molecule has 0 spiro atoms. The first-order chi connectivity index (χ1) is 11.1. The first-order valence-corrected chi connectivity index (χ1v) is 7.70. The van der Waals surface area contributed by atoms with Crippen LogP contribution in [-0.4, -0.2) is 35.6 Å². The van der Waals surface area contributed by atoms with Crippen LogP contribution >= 0.6 is 0 Å². The van der Waals surface area contributed by atoms with Crippen molar-refractivity contribution in [3.8, 4) is 5.75 Å². The van der Waals surface area contributed by atoms with Crippen molar-refractivity contribution in [3.63, 3.8) is 0 Å². The fourth-order valence-electron chi connectivity index (χ4n) is 2.15. The summed E-state index contributed by atoms with van der Waals surface area (Å²) in [5.41, 5.74) is 1.85. The van der Waals surface area contributed by atoms with Crippen molar-refractivity contribution in [3.05, 3.63) is 29.3 Å². The Balaban J connectivity index is 2.83. The van der Waals surface area contributed by atoms with Gasteiger partial charge in [-0.15, -0.1) is 0 Å². The van der Waals surface area contributed by atoms with Crippen LogP contribution in [0.5, 0.6) is 5.75 Å². The molecule has 7 heteroatoms. The summed E-state index contributed by atoms with van der Waals surface area (Å²) < 4.78 is 30.4. The minimum Gasteiger partial charge on any atom is -0.481 e. The molecule has 0 saturated carbocycles. The first kappa shape index (κ1) is 19.9.